The number of aromatic amines is 1. The average molecular weight is 444 g/mol. The maximum absolute atomic E-state index is 6.02. The van der Waals surface area contributed by atoms with E-state index < -0.39 is 0 Å². The summed E-state index contributed by atoms with van der Waals surface area (Å²) in [5.74, 6) is 1.83. The summed E-state index contributed by atoms with van der Waals surface area (Å²) in [7, 11) is 0. The van der Waals surface area contributed by atoms with E-state index in [4.69, 9.17) is 4.74 Å². The number of anilines is 1. The molecule has 6 nitrogen and oxygen atoms in total. The van der Waals surface area contributed by atoms with Crippen LogP contribution in [0, 0.1) is 6.92 Å². The van der Waals surface area contributed by atoms with Gasteiger partial charge in [0.1, 0.15) is 23.9 Å². The molecule has 32 heavy (non-hydrogen) atoms. The highest BCUT2D eigenvalue weighted by Gasteiger charge is 2.31. The molecule has 162 valence electrons. The highest BCUT2D eigenvalue weighted by molar-refractivity contribution is 8.00. The molecule has 2 unspecified atom stereocenters. The van der Waals surface area contributed by atoms with Crippen molar-refractivity contribution in [1.82, 2.24) is 20.2 Å². The summed E-state index contributed by atoms with van der Waals surface area (Å²) in [6.07, 6.45) is 5.41. The zero-order valence-electron chi connectivity index (χ0n) is 18.1. The van der Waals surface area contributed by atoms with Crippen molar-refractivity contribution in [3.8, 4) is 17.1 Å². The van der Waals surface area contributed by atoms with E-state index in [1.165, 1.54) is 11.1 Å². The van der Waals surface area contributed by atoms with Gasteiger partial charge >= 0.3 is 0 Å². The summed E-state index contributed by atoms with van der Waals surface area (Å²) in [6, 6.07) is 16.2. The number of ether oxygens (including phenoxy) is 1. The monoisotopic (exact) mass is 443 g/mol. The van der Waals surface area contributed by atoms with E-state index in [-0.39, 0.29) is 5.25 Å². The number of hydrogen-bond acceptors (Lipinski definition) is 6. The maximum atomic E-state index is 6.02. The molecule has 4 aromatic rings. The lowest BCUT2D eigenvalue weighted by molar-refractivity contribution is 0.305. The Morgan fingerprint density at radius 3 is 2.84 bits per heavy atom. The lowest BCUT2D eigenvalue weighted by Crippen LogP contribution is -2.11. The normalized spacial score (nSPS) is 17.8. The van der Waals surface area contributed by atoms with E-state index in [1.54, 1.807) is 6.20 Å². The van der Waals surface area contributed by atoms with Gasteiger partial charge in [0.2, 0.25) is 0 Å². The molecule has 0 spiro atoms. The van der Waals surface area contributed by atoms with Crippen molar-refractivity contribution in [2.45, 2.75) is 31.0 Å². The van der Waals surface area contributed by atoms with Gasteiger partial charge in [-0.15, -0.1) is 11.8 Å². The molecule has 0 saturated carbocycles. The topological polar surface area (TPSA) is 75.7 Å². The summed E-state index contributed by atoms with van der Waals surface area (Å²) in [5.41, 5.74) is 6.44. The van der Waals surface area contributed by atoms with Gasteiger partial charge in [-0.1, -0.05) is 25.1 Å². The third-order valence-electron chi connectivity index (χ3n) is 5.56. The van der Waals surface area contributed by atoms with Gasteiger partial charge in [0.15, 0.2) is 0 Å². The van der Waals surface area contributed by atoms with Crippen molar-refractivity contribution in [2.24, 2.45) is 0 Å². The Morgan fingerprint density at radius 2 is 2.06 bits per heavy atom. The maximum Gasteiger partial charge on any atom is 0.126 e. The van der Waals surface area contributed by atoms with Crippen molar-refractivity contribution in [1.29, 1.82) is 0 Å². The number of aryl methyl sites for hydroxylation is 1. The van der Waals surface area contributed by atoms with Crippen molar-refractivity contribution in [3.05, 3.63) is 89.4 Å². The van der Waals surface area contributed by atoms with Crippen molar-refractivity contribution >= 4 is 17.6 Å². The van der Waals surface area contributed by atoms with Crippen LogP contribution in [0.15, 0.2) is 67.1 Å². The van der Waals surface area contributed by atoms with Gasteiger partial charge in [-0.2, -0.15) is 5.10 Å². The van der Waals surface area contributed by atoms with Crippen LogP contribution in [-0.4, -0.2) is 32.0 Å². The van der Waals surface area contributed by atoms with Crippen LogP contribution in [0.4, 0.5) is 5.82 Å². The van der Waals surface area contributed by atoms with Crippen LogP contribution in [0.3, 0.4) is 0 Å². The van der Waals surface area contributed by atoms with E-state index in [0.717, 1.165) is 40.6 Å². The Hall–Kier alpha value is -3.32. The molecule has 0 amide bonds. The average Bonchev–Trinajstić information content (AvgIpc) is 3.18. The standard InChI is InChI=1S/C25H25N5OS/c1-16-12-19(31-15-18-6-5-10-26-14-18)8-9-20(16)24-22-23(21-7-3-4-11-27-21)29-30-25(22)28-13-17(2)32-24/h3-12,14,17,24H,13,15H2,1-2H3,(H2,28,29,30). The molecule has 5 rings (SSSR count). The first-order valence-electron chi connectivity index (χ1n) is 10.7. The Balaban J connectivity index is 1.48. The third-order valence-corrected chi connectivity index (χ3v) is 6.95. The number of rotatable bonds is 5. The van der Waals surface area contributed by atoms with E-state index >= 15 is 0 Å². The van der Waals surface area contributed by atoms with Crippen molar-refractivity contribution in [2.75, 3.05) is 11.9 Å². The number of nitrogens with zero attached hydrogens (tertiary/aromatic N) is 3. The van der Waals surface area contributed by atoms with Crippen LogP contribution in [0.25, 0.3) is 11.4 Å². The van der Waals surface area contributed by atoms with Crippen LogP contribution < -0.4 is 10.1 Å². The molecule has 3 aromatic heterocycles. The van der Waals surface area contributed by atoms with Crippen LogP contribution in [0.5, 0.6) is 5.75 Å². The molecular weight excluding hydrogens is 418 g/mol. The third kappa shape index (κ3) is 4.21. The quantitative estimate of drug-likeness (QED) is 0.431. The van der Waals surface area contributed by atoms with Gasteiger partial charge in [-0.25, -0.2) is 0 Å². The van der Waals surface area contributed by atoms with E-state index in [1.807, 2.05) is 54.5 Å². The lowest BCUT2D eigenvalue weighted by atomic mass is 9.98. The molecule has 1 aliphatic heterocycles. The first-order chi connectivity index (χ1) is 15.7. The second kappa shape index (κ2) is 9.04. The van der Waals surface area contributed by atoms with Crippen molar-refractivity contribution in [3.63, 3.8) is 0 Å². The number of fused-ring (bicyclic) bond motifs is 1. The predicted molar refractivity (Wildman–Crippen MR) is 129 cm³/mol. The van der Waals surface area contributed by atoms with E-state index in [9.17, 15) is 0 Å². The fourth-order valence-electron chi connectivity index (χ4n) is 3.94. The molecule has 0 aliphatic carbocycles. The Morgan fingerprint density at radius 1 is 1.12 bits per heavy atom. The number of aromatic nitrogens is 4. The second-order valence-corrected chi connectivity index (χ2v) is 9.50. The molecule has 4 heterocycles. The largest absolute Gasteiger partial charge is 0.489 e. The zero-order valence-corrected chi connectivity index (χ0v) is 18.9. The predicted octanol–water partition coefficient (Wildman–Crippen LogP) is 5.39. The van der Waals surface area contributed by atoms with Crippen LogP contribution in [0.1, 0.15) is 34.4 Å². The van der Waals surface area contributed by atoms with Gasteiger partial charge in [0.25, 0.3) is 0 Å². The Labute approximate surface area is 191 Å². The highest BCUT2D eigenvalue weighted by atomic mass is 32.2. The number of nitrogens with one attached hydrogen (secondary N) is 2. The molecule has 7 heteroatoms. The molecule has 0 radical (unpaired) electrons. The smallest absolute Gasteiger partial charge is 0.126 e. The number of thioether (sulfide) groups is 1. The molecule has 0 fully saturated rings. The minimum Gasteiger partial charge on any atom is -0.489 e. The van der Waals surface area contributed by atoms with Gasteiger partial charge in [-0.05, 0) is 48.4 Å². The van der Waals surface area contributed by atoms with Crippen LogP contribution in [-0.2, 0) is 6.61 Å². The first-order valence-corrected chi connectivity index (χ1v) is 11.6. The van der Waals surface area contributed by atoms with Crippen LogP contribution >= 0.6 is 11.8 Å². The molecule has 1 aliphatic rings. The van der Waals surface area contributed by atoms with Gasteiger partial charge in [0.05, 0.1) is 10.9 Å². The summed E-state index contributed by atoms with van der Waals surface area (Å²) in [6.45, 7) is 5.78. The van der Waals surface area contributed by atoms with Crippen LogP contribution in [0.2, 0.25) is 0 Å². The summed E-state index contributed by atoms with van der Waals surface area (Å²) in [4.78, 5) is 8.70. The van der Waals surface area contributed by atoms with Crippen molar-refractivity contribution < 1.29 is 4.74 Å². The van der Waals surface area contributed by atoms with Gasteiger partial charge in [-0.3, -0.25) is 15.1 Å². The minimum atomic E-state index is 0.137. The molecule has 2 atom stereocenters. The summed E-state index contributed by atoms with van der Waals surface area (Å²) >= 11 is 1.95. The fraction of sp³-hybridized carbons (Fsp3) is 0.240. The molecular formula is C25H25N5OS. The summed E-state index contributed by atoms with van der Waals surface area (Å²) in [5, 5.41) is 12.0. The molecule has 1 aromatic carbocycles. The second-order valence-electron chi connectivity index (χ2n) is 7.95. The van der Waals surface area contributed by atoms with E-state index in [2.05, 4.69) is 57.5 Å². The highest BCUT2D eigenvalue weighted by Crippen LogP contribution is 2.47. The Bertz CT molecular complexity index is 1200. The first kappa shape index (κ1) is 20.6. The van der Waals surface area contributed by atoms with Gasteiger partial charge < -0.3 is 10.1 Å². The Kier molecular flexibility index (Phi) is 5.81. The van der Waals surface area contributed by atoms with Gasteiger partial charge in [0, 0.05) is 41.5 Å². The molecule has 0 bridgehead atoms. The number of hydrogen-bond donors (Lipinski definition) is 2. The fourth-order valence-corrected chi connectivity index (χ4v) is 5.36. The number of pyridine rings is 2. The SMILES string of the molecule is Cc1cc(OCc2cccnc2)ccc1C1SC(C)CNc2[nH]nc(-c3ccccn3)c21. The number of benzene rings is 1. The zero-order chi connectivity index (χ0) is 21.9. The number of H-pyrrole nitrogens is 1. The van der Waals surface area contributed by atoms with E-state index in [0.29, 0.717) is 11.9 Å². The molecule has 2 N–H and O–H groups in total. The lowest BCUT2D eigenvalue weighted by Gasteiger charge is -2.21. The minimum absolute atomic E-state index is 0.137. The molecule has 0 saturated heterocycles. The summed E-state index contributed by atoms with van der Waals surface area (Å²) < 4.78 is 6.02.